The Morgan fingerprint density at radius 2 is 1.48 bits per heavy atom. The number of hydrogen-bond donors (Lipinski definition) is 1. The van der Waals surface area contributed by atoms with Gasteiger partial charge in [-0.2, -0.15) is 0 Å². The number of rotatable bonds is 2. The van der Waals surface area contributed by atoms with Gasteiger partial charge < -0.3 is 5.11 Å². The first-order valence-corrected chi connectivity index (χ1v) is 9.25. The molecule has 0 fully saturated rings. The highest BCUT2D eigenvalue weighted by molar-refractivity contribution is 6.30. The molecule has 0 bridgehead atoms. The molecule has 0 spiro atoms. The van der Waals surface area contributed by atoms with Crippen molar-refractivity contribution < 1.29 is 5.11 Å². The van der Waals surface area contributed by atoms with Crippen molar-refractivity contribution in [3.63, 3.8) is 0 Å². The van der Waals surface area contributed by atoms with Crippen molar-refractivity contribution in [2.24, 2.45) is 0 Å². The van der Waals surface area contributed by atoms with Gasteiger partial charge in [-0.1, -0.05) is 60.1 Å². The molecular formula is C24H16ClNO. The number of benzene rings is 3. The lowest BCUT2D eigenvalue weighted by molar-refractivity contribution is 0.477. The number of halogens is 1. The Hall–Kier alpha value is -3.10. The molecule has 5 rings (SSSR count). The fourth-order valence-corrected chi connectivity index (χ4v) is 3.91. The quantitative estimate of drug-likeness (QED) is 0.393. The van der Waals surface area contributed by atoms with E-state index in [4.69, 9.17) is 16.6 Å². The molecule has 1 aliphatic carbocycles. The Bertz CT molecular complexity index is 1170. The van der Waals surface area contributed by atoms with Crippen LogP contribution in [0.15, 0.2) is 78.9 Å². The summed E-state index contributed by atoms with van der Waals surface area (Å²) >= 11 is 6.09. The van der Waals surface area contributed by atoms with Crippen molar-refractivity contribution in [2.75, 3.05) is 0 Å². The highest BCUT2D eigenvalue weighted by atomic mass is 35.5. The summed E-state index contributed by atoms with van der Waals surface area (Å²) in [6.45, 7) is 0. The molecule has 1 heterocycles. The summed E-state index contributed by atoms with van der Waals surface area (Å²) < 4.78 is 0. The topological polar surface area (TPSA) is 33.1 Å². The maximum atomic E-state index is 10.3. The zero-order chi connectivity index (χ0) is 18.4. The van der Waals surface area contributed by atoms with Gasteiger partial charge in [0, 0.05) is 22.6 Å². The van der Waals surface area contributed by atoms with Crippen LogP contribution in [0, 0.1) is 0 Å². The van der Waals surface area contributed by atoms with Crippen molar-refractivity contribution in [3.05, 3.63) is 95.0 Å². The summed E-state index contributed by atoms with van der Waals surface area (Å²) in [6, 6.07) is 25.7. The zero-order valence-corrected chi connectivity index (χ0v) is 15.2. The van der Waals surface area contributed by atoms with Gasteiger partial charge in [0.05, 0.1) is 11.4 Å². The van der Waals surface area contributed by atoms with Crippen LogP contribution in [-0.2, 0) is 6.42 Å². The molecule has 0 atom stereocenters. The van der Waals surface area contributed by atoms with E-state index in [9.17, 15) is 5.11 Å². The number of fused-ring (bicyclic) bond motifs is 3. The molecule has 1 aromatic heterocycles. The molecule has 3 heteroatoms. The first-order chi connectivity index (χ1) is 13.2. The number of nitrogens with zero attached hydrogens (tertiary/aromatic N) is 1. The van der Waals surface area contributed by atoms with Gasteiger partial charge in [-0.05, 0) is 52.6 Å². The van der Waals surface area contributed by atoms with E-state index < -0.39 is 0 Å². The van der Waals surface area contributed by atoms with Crippen LogP contribution in [0.3, 0.4) is 0 Å². The van der Waals surface area contributed by atoms with E-state index in [0.29, 0.717) is 5.02 Å². The van der Waals surface area contributed by atoms with Gasteiger partial charge in [0.2, 0.25) is 0 Å². The maximum absolute atomic E-state index is 10.3. The minimum Gasteiger partial charge on any atom is -0.507 e. The molecule has 0 aliphatic heterocycles. The van der Waals surface area contributed by atoms with E-state index in [1.165, 1.54) is 16.7 Å². The summed E-state index contributed by atoms with van der Waals surface area (Å²) in [7, 11) is 0. The van der Waals surface area contributed by atoms with Crippen LogP contribution in [0.1, 0.15) is 11.1 Å². The van der Waals surface area contributed by atoms with Crippen LogP contribution in [0.2, 0.25) is 5.02 Å². The van der Waals surface area contributed by atoms with E-state index in [2.05, 4.69) is 24.3 Å². The van der Waals surface area contributed by atoms with E-state index in [-0.39, 0.29) is 5.75 Å². The van der Waals surface area contributed by atoms with Crippen molar-refractivity contribution in [1.29, 1.82) is 0 Å². The molecule has 1 N–H and O–H groups in total. The van der Waals surface area contributed by atoms with Gasteiger partial charge >= 0.3 is 0 Å². The van der Waals surface area contributed by atoms with Crippen LogP contribution in [0.25, 0.3) is 33.6 Å². The maximum Gasteiger partial charge on any atom is 0.124 e. The van der Waals surface area contributed by atoms with Crippen LogP contribution < -0.4 is 0 Å². The normalized spacial score (nSPS) is 11.9. The largest absolute Gasteiger partial charge is 0.507 e. The fourth-order valence-electron chi connectivity index (χ4n) is 3.78. The Labute approximate surface area is 162 Å². The van der Waals surface area contributed by atoms with Crippen LogP contribution >= 0.6 is 11.6 Å². The van der Waals surface area contributed by atoms with Crippen LogP contribution in [0.4, 0.5) is 0 Å². The molecular weight excluding hydrogens is 354 g/mol. The van der Waals surface area contributed by atoms with Gasteiger partial charge in [0.25, 0.3) is 0 Å². The smallest absolute Gasteiger partial charge is 0.124 e. The Kier molecular flexibility index (Phi) is 3.73. The number of phenols is 1. The Morgan fingerprint density at radius 3 is 2.26 bits per heavy atom. The van der Waals surface area contributed by atoms with E-state index in [1.54, 1.807) is 6.07 Å². The van der Waals surface area contributed by atoms with Crippen molar-refractivity contribution >= 4 is 11.6 Å². The molecule has 0 saturated heterocycles. The van der Waals surface area contributed by atoms with Gasteiger partial charge in [0.15, 0.2) is 0 Å². The van der Waals surface area contributed by atoms with Crippen molar-refractivity contribution in [3.8, 4) is 39.4 Å². The third-order valence-electron chi connectivity index (χ3n) is 5.10. The van der Waals surface area contributed by atoms with E-state index in [0.717, 1.165) is 34.5 Å². The molecule has 0 amide bonds. The van der Waals surface area contributed by atoms with Gasteiger partial charge in [0.1, 0.15) is 5.75 Å². The first-order valence-electron chi connectivity index (χ1n) is 8.87. The Balaban J connectivity index is 1.80. The summed E-state index contributed by atoms with van der Waals surface area (Å²) in [5.74, 6) is 0.235. The predicted molar refractivity (Wildman–Crippen MR) is 110 cm³/mol. The lowest BCUT2D eigenvalue weighted by Crippen LogP contribution is -1.94. The van der Waals surface area contributed by atoms with Crippen molar-refractivity contribution in [1.82, 2.24) is 4.98 Å². The average molecular weight is 370 g/mol. The minimum atomic E-state index is 0.235. The Morgan fingerprint density at radius 1 is 0.778 bits per heavy atom. The lowest BCUT2D eigenvalue weighted by Gasteiger charge is -2.13. The molecule has 1 aliphatic rings. The highest BCUT2D eigenvalue weighted by Gasteiger charge is 2.24. The van der Waals surface area contributed by atoms with E-state index in [1.807, 2.05) is 48.5 Å². The van der Waals surface area contributed by atoms with Gasteiger partial charge in [-0.3, -0.25) is 0 Å². The number of pyridine rings is 1. The zero-order valence-electron chi connectivity index (χ0n) is 14.5. The van der Waals surface area contributed by atoms with Gasteiger partial charge in [-0.15, -0.1) is 0 Å². The second kappa shape index (κ2) is 6.26. The second-order valence-corrected chi connectivity index (χ2v) is 7.18. The molecule has 3 aromatic carbocycles. The molecule has 130 valence electrons. The third kappa shape index (κ3) is 2.70. The first kappa shape index (κ1) is 16.1. The lowest BCUT2D eigenvalue weighted by atomic mass is 9.96. The number of para-hydroxylation sites is 1. The highest BCUT2D eigenvalue weighted by Crippen LogP contribution is 2.43. The summed E-state index contributed by atoms with van der Waals surface area (Å²) in [5, 5.41) is 11.1. The summed E-state index contributed by atoms with van der Waals surface area (Å²) in [6.07, 6.45) is 0.859. The second-order valence-electron chi connectivity index (χ2n) is 6.74. The van der Waals surface area contributed by atoms with E-state index >= 15 is 0 Å². The monoisotopic (exact) mass is 369 g/mol. The number of aromatic hydroxyl groups is 1. The number of hydrogen-bond acceptors (Lipinski definition) is 2. The molecule has 2 nitrogen and oxygen atoms in total. The molecule has 4 aromatic rings. The molecule has 0 saturated carbocycles. The molecule has 0 unspecified atom stereocenters. The SMILES string of the molecule is Oc1ccccc1-c1cc(-c2ccc(Cl)cc2)c2c(n1)-c1ccccc1C2. The standard InChI is InChI=1S/C24H16ClNO/c25-17-11-9-15(10-12-17)20-14-22(19-7-3-4-8-23(19)27)26-24-18-6-2-1-5-16(18)13-21(20)24/h1-12,14,27H,13H2. The fraction of sp³-hybridized carbons (Fsp3) is 0.0417. The molecule has 27 heavy (non-hydrogen) atoms. The average Bonchev–Trinajstić information content (AvgIpc) is 3.07. The number of aromatic nitrogens is 1. The predicted octanol–water partition coefficient (Wildman–Crippen LogP) is 6.35. The van der Waals surface area contributed by atoms with Gasteiger partial charge in [-0.25, -0.2) is 4.98 Å². The summed E-state index contributed by atoms with van der Waals surface area (Å²) in [4.78, 5) is 4.94. The molecule has 0 radical (unpaired) electrons. The third-order valence-corrected chi connectivity index (χ3v) is 5.35. The van der Waals surface area contributed by atoms with Crippen LogP contribution in [-0.4, -0.2) is 10.1 Å². The summed E-state index contributed by atoms with van der Waals surface area (Å²) in [5.41, 5.74) is 8.40. The van der Waals surface area contributed by atoms with Crippen LogP contribution in [0.5, 0.6) is 5.75 Å². The van der Waals surface area contributed by atoms with Crippen molar-refractivity contribution in [2.45, 2.75) is 6.42 Å². The number of phenolic OH excluding ortho intramolecular Hbond substituents is 1. The minimum absolute atomic E-state index is 0.235.